The minimum Gasteiger partial charge on any atom is -0.325 e. The van der Waals surface area contributed by atoms with Crippen LogP contribution in [0, 0.1) is 23.2 Å². The fourth-order valence-corrected chi connectivity index (χ4v) is 5.71. The lowest BCUT2D eigenvalue weighted by Gasteiger charge is -2.15. The molecule has 2 fully saturated rings. The standard InChI is InChI=1S/C22H17Br2Cl2N7/c23-13-6-28-19(25)15-17(13)32(8-10-1-2-10)21(30-15)12(5-27)22-31-16-18(14(24)7-29-20(16)26)33(22)9-11-3-4-11/h6-7,10-12H,1-4,8-9H2. The number of pyridine rings is 2. The smallest absolute Gasteiger partial charge is 0.162 e. The third-order valence-electron chi connectivity index (χ3n) is 6.34. The molecule has 0 aromatic carbocycles. The van der Waals surface area contributed by atoms with Crippen molar-refractivity contribution in [3.63, 3.8) is 0 Å². The highest BCUT2D eigenvalue weighted by molar-refractivity contribution is 9.11. The molecular weight excluding hydrogens is 593 g/mol. The van der Waals surface area contributed by atoms with Gasteiger partial charge in [0.2, 0.25) is 0 Å². The SMILES string of the molecule is N#CC(c1nc2c(Cl)ncc(Br)c2n1CC1CC1)c1nc2c(Cl)ncc(Br)c2n1CC1CC1. The number of hydrogen-bond acceptors (Lipinski definition) is 5. The van der Waals surface area contributed by atoms with E-state index in [2.05, 4.69) is 57.0 Å². The second kappa shape index (κ2) is 8.19. The van der Waals surface area contributed by atoms with E-state index in [1.165, 1.54) is 25.7 Å². The van der Waals surface area contributed by atoms with Gasteiger partial charge >= 0.3 is 0 Å². The van der Waals surface area contributed by atoms with Crippen LogP contribution in [-0.2, 0) is 13.1 Å². The van der Waals surface area contributed by atoms with Crippen LogP contribution in [-0.4, -0.2) is 29.1 Å². The number of imidazole rings is 2. The maximum absolute atomic E-state index is 10.4. The van der Waals surface area contributed by atoms with Crippen molar-refractivity contribution >= 4 is 77.1 Å². The zero-order valence-corrected chi connectivity index (χ0v) is 22.0. The Morgan fingerprint density at radius 1 is 0.879 bits per heavy atom. The number of fused-ring (bicyclic) bond motifs is 2. The molecule has 0 N–H and O–H groups in total. The zero-order chi connectivity index (χ0) is 22.9. The zero-order valence-electron chi connectivity index (χ0n) is 17.3. The number of halogens is 4. The molecule has 4 heterocycles. The third kappa shape index (κ3) is 3.75. The van der Waals surface area contributed by atoms with Gasteiger partial charge in [0.15, 0.2) is 16.2 Å². The van der Waals surface area contributed by atoms with Crippen LogP contribution in [0.25, 0.3) is 22.1 Å². The van der Waals surface area contributed by atoms with Crippen LogP contribution in [0.1, 0.15) is 43.3 Å². The van der Waals surface area contributed by atoms with Gasteiger partial charge < -0.3 is 9.13 Å². The first-order chi connectivity index (χ1) is 16.0. The van der Waals surface area contributed by atoms with E-state index in [9.17, 15) is 5.26 Å². The molecule has 2 aliphatic rings. The van der Waals surface area contributed by atoms with E-state index in [-0.39, 0.29) is 0 Å². The first kappa shape index (κ1) is 21.8. The van der Waals surface area contributed by atoms with Gasteiger partial charge in [-0.2, -0.15) is 5.26 Å². The van der Waals surface area contributed by atoms with Crippen molar-refractivity contribution < 1.29 is 0 Å². The molecule has 168 valence electrons. The van der Waals surface area contributed by atoms with E-state index in [0.29, 0.717) is 44.8 Å². The molecule has 33 heavy (non-hydrogen) atoms. The summed E-state index contributed by atoms with van der Waals surface area (Å²) in [6.45, 7) is 1.55. The van der Waals surface area contributed by atoms with Gasteiger partial charge in [0.05, 0.1) is 26.0 Å². The first-order valence-electron chi connectivity index (χ1n) is 10.8. The summed E-state index contributed by atoms with van der Waals surface area (Å²) in [5.41, 5.74) is 2.91. The van der Waals surface area contributed by atoms with Crippen molar-refractivity contribution in [3.05, 3.63) is 43.3 Å². The molecule has 2 aliphatic carbocycles. The maximum atomic E-state index is 10.4. The Morgan fingerprint density at radius 2 is 1.30 bits per heavy atom. The number of rotatable bonds is 6. The van der Waals surface area contributed by atoms with Gasteiger partial charge in [-0.3, -0.25) is 0 Å². The molecule has 7 nitrogen and oxygen atoms in total. The van der Waals surface area contributed by atoms with Crippen LogP contribution in [0.5, 0.6) is 0 Å². The van der Waals surface area contributed by atoms with E-state index in [0.717, 1.165) is 33.1 Å². The summed E-state index contributed by atoms with van der Waals surface area (Å²) in [5, 5.41) is 11.1. The number of aromatic nitrogens is 6. The van der Waals surface area contributed by atoms with Crippen LogP contribution in [0.3, 0.4) is 0 Å². The molecule has 0 radical (unpaired) electrons. The van der Waals surface area contributed by atoms with E-state index in [1.54, 1.807) is 12.4 Å². The summed E-state index contributed by atoms with van der Waals surface area (Å²) < 4.78 is 5.85. The van der Waals surface area contributed by atoms with Crippen LogP contribution in [0.2, 0.25) is 10.3 Å². The Balaban J connectivity index is 1.61. The second-order valence-electron chi connectivity index (χ2n) is 8.80. The molecule has 0 amide bonds. The average Bonchev–Trinajstić information content (AvgIpc) is 3.71. The highest BCUT2D eigenvalue weighted by atomic mass is 79.9. The van der Waals surface area contributed by atoms with Gasteiger partial charge in [-0.05, 0) is 69.4 Å². The molecule has 0 unspecified atom stereocenters. The Morgan fingerprint density at radius 3 is 1.67 bits per heavy atom. The number of nitrogens with zero attached hydrogens (tertiary/aromatic N) is 7. The van der Waals surface area contributed by atoms with Gasteiger partial charge in [-0.25, -0.2) is 19.9 Å². The van der Waals surface area contributed by atoms with Gasteiger partial charge in [0.25, 0.3) is 0 Å². The Kier molecular flexibility index (Phi) is 5.41. The molecule has 2 saturated carbocycles. The predicted octanol–water partition coefficient (Wildman–Crippen LogP) is 6.48. The summed E-state index contributed by atoms with van der Waals surface area (Å²) in [6.07, 6.45) is 8.04. The molecule has 0 bridgehead atoms. The van der Waals surface area contributed by atoms with Crippen molar-refractivity contribution in [2.75, 3.05) is 0 Å². The molecule has 0 spiro atoms. The van der Waals surface area contributed by atoms with Crippen LogP contribution < -0.4 is 0 Å². The quantitative estimate of drug-likeness (QED) is 0.234. The minimum absolute atomic E-state index is 0.321. The molecule has 0 atom stereocenters. The lowest BCUT2D eigenvalue weighted by molar-refractivity contribution is 0.574. The highest BCUT2D eigenvalue weighted by Crippen LogP contribution is 2.41. The fourth-order valence-electron chi connectivity index (χ4n) is 4.34. The lowest BCUT2D eigenvalue weighted by Crippen LogP contribution is -2.16. The van der Waals surface area contributed by atoms with Crippen molar-refractivity contribution in [1.82, 2.24) is 29.1 Å². The normalized spacial score (nSPS) is 16.2. The molecular formula is C22H17Br2Cl2N7. The lowest BCUT2D eigenvalue weighted by atomic mass is 10.1. The Bertz CT molecular complexity index is 1360. The summed E-state index contributed by atoms with van der Waals surface area (Å²) in [4.78, 5) is 18.2. The summed E-state index contributed by atoms with van der Waals surface area (Å²) in [7, 11) is 0. The summed E-state index contributed by atoms with van der Waals surface area (Å²) in [6, 6.07) is 2.48. The third-order valence-corrected chi connectivity index (χ3v) is 8.05. The predicted molar refractivity (Wildman–Crippen MR) is 133 cm³/mol. The fraction of sp³-hybridized carbons (Fsp3) is 0.409. The van der Waals surface area contributed by atoms with E-state index in [4.69, 9.17) is 33.2 Å². The topological polar surface area (TPSA) is 85.2 Å². The number of nitriles is 1. The highest BCUT2D eigenvalue weighted by Gasteiger charge is 2.34. The minimum atomic E-state index is -0.701. The van der Waals surface area contributed by atoms with Crippen molar-refractivity contribution in [2.45, 2.75) is 44.7 Å². The molecule has 4 aromatic rings. The second-order valence-corrected chi connectivity index (χ2v) is 11.2. The van der Waals surface area contributed by atoms with Crippen LogP contribution in [0.15, 0.2) is 21.3 Å². The van der Waals surface area contributed by atoms with E-state index >= 15 is 0 Å². The number of hydrogen-bond donors (Lipinski definition) is 0. The van der Waals surface area contributed by atoms with Crippen molar-refractivity contribution in [2.24, 2.45) is 11.8 Å². The molecule has 11 heteroatoms. The van der Waals surface area contributed by atoms with Gasteiger partial charge in [0, 0.05) is 25.5 Å². The van der Waals surface area contributed by atoms with E-state index in [1.807, 2.05) is 0 Å². The molecule has 0 aliphatic heterocycles. The molecule has 4 aromatic heterocycles. The first-order valence-corrected chi connectivity index (χ1v) is 13.1. The van der Waals surface area contributed by atoms with E-state index < -0.39 is 5.92 Å². The summed E-state index contributed by atoms with van der Waals surface area (Å²) >= 11 is 20.1. The molecule has 0 saturated heterocycles. The van der Waals surface area contributed by atoms with Crippen molar-refractivity contribution in [1.29, 1.82) is 5.26 Å². The van der Waals surface area contributed by atoms with Gasteiger partial charge in [0.1, 0.15) is 22.7 Å². The largest absolute Gasteiger partial charge is 0.325 e. The maximum Gasteiger partial charge on any atom is 0.162 e. The van der Waals surface area contributed by atoms with Gasteiger partial charge in [-0.1, -0.05) is 23.2 Å². The molecule has 6 rings (SSSR count). The van der Waals surface area contributed by atoms with Crippen molar-refractivity contribution in [3.8, 4) is 6.07 Å². The monoisotopic (exact) mass is 607 g/mol. The van der Waals surface area contributed by atoms with Gasteiger partial charge in [-0.15, -0.1) is 0 Å². The van der Waals surface area contributed by atoms with Crippen LogP contribution >= 0.6 is 55.1 Å². The Labute approximate surface area is 216 Å². The van der Waals surface area contributed by atoms with Crippen LogP contribution in [0.4, 0.5) is 0 Å². The average molecular weight is 610 g/mol. The summed E-state index contributed by atoms with van der Waals surface area (Å²) in [5.74, 6) is 1.69. The Hall–Kier alpha value is -1.73.